The van der Waals surface area contributed by atoms with Crippen molar-refractivity contribution in [1.29, 1.82) is 5.26 Å². The van der Waals surface area contributed by atoms with Crippen LogP contribution in [0.1, 0.15) is 34.9 Å². The van der Waals surface area contributed by atoms with E-state index >= 15 is 0 Å². The van der Waals surface area contributed by atoms with Crippen LogP contribution in [0, 0.1) is 39.0 Å². The molecule has 0 radical (unpaired) electrons. The summed E-state index contributed by atoms with van der Waals surface area (Å²) in [4.78, 5) is 4.57. The summed E-state index contributed by atoms with van der Waals surface area (Å²) in [5, 5.41) is 9.14. The standard InChI is InChI=1S/C18H20N2O/c1-6-21-18-12(3)7-15(8-13(18)4)17-9-11(2)16(10-19)14(5)20-17/h7-9H,6H2,1-5H3. The molecule has 0 spiro atoms. The lowest BCUT2D eigenvalue weighted by Gasteiger charge is -2.13. The Kier molecular flexibility index (Phi) is 4.28. The second-order valence-corrected chi connectivity index (χ2v) is 5.27. The van der Waals surface area contributed by atoms with Crippen LogP contribution in [0.3, 0.4) is 0 Å². The van der Waals surface area contributed by atoms with Gasteiger partial charge in [-0.15, -0.1) is 0 Å². The summed E-state index contributed by atoms with van der Waals surface area (Å²) in [6, 6.07) is 8.36. The monoisotopic (exact) mass is 280 g/mol. The Morgan fingerprint density at radius 1 is 1.05 bits per heavy atom. The minimum atomic E-state index is 0.661. The lowest BCUT2D eigenvalue weighted by Crippen LogP contribution is -1.99. The first kappa shape index (κ1) is 15.1. The van der Waals surface area contributed by atoms with Crippen molar-refractivity contribution in [2.24, 2.45) is 0 Å². The van der Waals surface area contributed by atoms with Gasteiger partial charge >= 0.3 is 0 Å². The van der Waals surface area contributed by atoms with E-state index in [0.717, 1.165) is 39.4 Å². The van der Waals surface area contributed by atoms with Gasteiger partial charge in [0.05, 0.1) is 23.6 Å². The van der Waals surface area contributed by atoms with E-state index in [1.807, 2.05) is 40.7 Å². The minimum Gasteiger partial charge on any atom is -0.493 e. The first-order chi connectivity index (χ1) is 9.97. The third kappa shape index (κ3) is 2.90. The average Bonchev–Trinajstić information content (AvgIpc) is 2.42. The van der Waals surface area contributed by atoms with Gasteiger partial charge in [0.15, 0.2) is 0 Å². The number of aromatic nitrogens is 1. The summed E-state index contributed by atoms with van der Waals surface area (Å²) < 4.78 is 5.68. The molecule has 108 valence electrons. The number of benzene rings is 1. The van der Waals surface area contributed by atoms with Crippen molar-refractivity contribution < 1.29 is 4.74 Å². The normalized spacial score (nSPS) is 10.3. The summed E-state index contributed by atoms with van der Waals surface area (Å²) in [5.41, 5.74) is 6.57. The highest BCUT2D eigenvalue weighted by atomic mass is 16.5. The van der Waals surface area contributed by atoms with Gasteiger partial charge in [-0.25, -0.2) is 0 Å². The van der Waals surface area contributed by atoms with E-state index in [0.29, 0.717) is 12.2 Å². The number of nitriles is 1. The van der Waals surface area contributed by atoms with Gasteiger partial charge in [0.2, 0.25) is 0 Å². The lowest BCUT2D eigenvalue weighted by molar-refractivity contribution is 0.335. The summed E-state index contributed by atoms with van der Waals surface area (Å²) in [7, 11) is 0. The molecular weight excluding hydrogens is 260 g/mol. The molecule has 1 heterocycles. The molecule has 0 unspecified atom stereocenters. The van der Waals surface area contributed by atoms with E-state index in [2.05, 4.69) is 23.2 Å². The summed E-state index contributed by atoms with van der Waals surface area (Å²) in [5.74, 6) is 0.948. The number of ether oxygens (including phenoxy) is 1. The highest BCUT2D eigenvalue weighted by Gasteiger charge is 2.11. The zero-order valence-corrected chi connectivity index (χ0v) is 13.2. The highest BCUT2D eigenvalue weighted by Crippen LogP contribution is 2.30. The summed E-state index contributed by atoms with van der Waals surface area (Å²) in [6.45, 7) is 10.6. The van der Waals surface area contributed by atoms with Gasteiger partial charge in [0, 0.05) is 5.56 Å². The van der Waals surface area contributed by atoms with E-state index in [9.17, 15) is 0 Å². The van der Waals surface area contributed by atoms with Gasteiger partial charge in [-0.05, 0) is 69.5 Å². The van der Waals surface area contributed by atoms with Crippen molar-refractivity contribution >= 4 is 0 Å². The van der Waals surface area contributed by atoms with E-state index in [-0.39, 0.29) is 0 Å². The van der Waals surface area contributed by atoms with E-state index in [1.54, 1.807) is 0 Å². The first-order valence-corrected chi connectivity index (χ1v) is 7.10. The second kappa shape index (κ2) is 5.97. The maximum atomic E-state index is 9.14. The molecule has 2 rings (SSSR count). The van der Waals surface area contributed by atoms with Crippen molar-refractivity contribution in [2.45, 2.75) is 34.6 Å². The predicted molar refractivity (Wildman–Crippen MR) is 84.5 cm³/mol. The van der Waals surface area contributed by atoms with Crippen LogP contribution in [0.5, 0.6) is 5.75 Å². The Morgan fingerprint density at radius 3 is 2.14 bits per heavy atom. The average molecular weight is 280 g/mol. The minimum absolute atomic E-state index is 0.661. The van der Waals surface area contributed by atoms with Gasteiger partial charge in [0.25, 0.3) is 0 Å². The van der Waals surface area contributed by atoms with Crippen LogP contribution >= 0.6 is 0 Å². The molecule has 0 saturated heterocycles. The van der Waals surface area contributed by atoms with E-state index in [1.165, 1.54) is 0 Å². The molecule has 1 aromatic carbocycles. The Bertz CT molecular complexity index is 680. The van der Waals surface area contributed by atoms with E-state index < -0.39 is 0 Å². The quantitative estimate of drug-likeness (QED) is 0.844. The lowest BCUT2D eigenvalue weighted by atomic mass is 10.00. The topological polar surface area (TPSA) is 45.9 Å². The molecular formula is C18H20N2O. The van der Waals surface area contributed by atoms with Crippen LogP contribution in [0.25, 0.3) is 11.3 Å². The SMILES string of the molecule is CCOc1c(C)cc(-c2cc(C)c(C#N)c(C)n2)cc1C. The molecule has 3 nitrogen and oxygen atoms in total. The number of hydrogen-bond donors (Lipinski definition) is 0. The molecule has 0 aliphatic rings. The van der Waals surface area contributed by atoms with Gasteiger partial charge < -0.3 is 4.74 Å². The number of aryl methyl sites for hydroxylation is 4. The smallest absolute Gasteiger partial charge is 0.125 e. The maximum Gasteiger partial charge on any atom is 0.125 e. The predicted octanol–water partition coefficient (Wildman–Crippen LogP) is 4.25. The van der Waals surface area contributed by atoms with Crippen molar-refractivity contribution in [2.75, 3.05) is 6.61 Å². The fraction of sp³-hybridized carbons (Fsp3) is 0.333. The van der Waals surface area contributed by atoms with Crippen LogP contribution in [-0.2, 0) is 0 Å². The van der Waals surface area contributed by atoms with Crippen LogP contribution in [-0.4, -0.2) is 11.6 Å². The first-order valence-electron chi connectivity index (χ1n) is 7.10. The Labute approximate surface area is 126 Å². The van der Waals surface area contributed by atoms with Crippen molar-refractivity contribution in [1.82, 2.24) is 4.98 Å². The fourth-order valence-corrected chi connectivity index (χ4v) is 2.62. The third-order valence-electron chi connectivity index (χ3n) is 3.55. The number of pyridine rings is 1. The number of hydrogen-bond acceptors (Lipinski definition) is 3. The number of nitrogens with zero attached hydrogens (tertiary/aromatic N) is 2. The van der Waals surface area contributed by atoms with Crippen LogP contribution in [0.15, 0.2) is 18.2 Å². The molecule has 0 N–H and O–H groups in total. The van der Waals surface area contributed by atoms with Crippen molar-refractivity contribution in [3.05, 3.63) is 46.1 Å². The molecule has 2 aromatic rings. The third-order valence-corrected chi connectivity index (χ3v) is 3.55. The molecule has 3 heteroatoms. The zero-order chi connectivity index (χ0) is 15.6. The van der Waals surface area contributed by atoms with Crippen LogP contribution in [0.4, 0.5) is 0 Å². The zero-order valence-electron chi connectivity index (χ0n) is 13.2. The molecule has 21 heavy (non-hydrogen) atoms. The molecule has 0 amide bonds. The molecule has 0 aliphatic heterocycles. The van der Waals surface area contributed by atoms with Crippen molar-refractivity contribution in [3.8, 4) is 23.1 Å². The van der Waals surface area contributed by atoms with Gasteiger partial charge in [0.1, 0.15) is 11.8 Å². The molecule has 0 fully saturated rings. The fourth-order valence-electron chi connectivity index (χ4n) is 2.62. The van der Waals surface area contributed by atoms with Crippen molar-refractivity contribution in [3.63, 3.8) is 0 Å². The van der Waals surface area contributed by atoms with Gasteiger partial charge in [-0.3, -0.25) is 4.98 Å². The van der Waals surface area contributed by atoms with Crippen LogP contribution < -0.4 is 4.74 Å². The summed E-state index contributed by atoms with van der Waals surface area (Å²) >= 11 is 0. The molecule has 0 atom stereocenters. The largest absolute Gasteiger partial charge is 0.493 e. The molecule has 1 aromatic heterocycles. The molecule has 0 saturated carbocycles. The Morgan fingerprint density at radius 2 is 1.67 bits per heavy atom. The molecule has 0 aliphatic carbocycles. The Balaban J connectivity index is 2.56. The van der Waals surface area contributed by atoms with Crippen LogP contribution in [0.2, 0.25) is 0 Å². The Hall–Kier alpha value is -2.34. The van der Waals surface area contributed by atoms with Gasteiger partial charge in [-0.2, -0.15) is 5.26 Å². The summed E-state index contributed by atoms with van der Waals surface area (Å²) in [6.07, 6.45) is 0. The van der Waals surface area contributed by atoms with E-state index in [4.69, 9.17) is 10.00 Å². The maximum absolute atomic E-state index is 9.14. The second-order valence-electron chi connectivity index (χ2n) is 5.27. The van der Waals surface area contributed by atoms with Gasteiger partial charge in [-0.1, -0.05) is 0 Å². The number of rotatable bonds is 3. The molecule has 0 bridgehead atoms. The highest BCUT2D eigenvalue weighted by molar-refractivity contribution is 5.66.